The van der Waals surface area contributed by atoms with Crippen molar-refractivity contribution in [2.24, 2.45) is 0 Å². The van der Waals surface area contributed by atoms with Gasteiger partial charge in [-0.2, -0.15) is 0 Å². The van der Waals surface area contributed by atoms with E-state index in [9.17, 15) is 17.6 Å². The van der Waals surface area contributed by atoms with Crippen LogP contribution in [0.2, 0.25) is 0 Å². The van der Waals surface area contributed by atoms with Crippen LogP contribution in [0.15, 0.2) is 42.5 Å². The Hall–Kier alpha value is -2.41. The summed E-state index contributed by atoms with van der Waals surface area (Å²) in [6, 6.07) is 10.8. The number of aryl methyl sites for hydroxylation is 2. The molecule has 0 bridgehead atoms. The summed E-state index contributed by atoms with van der Waals surface area (Å²) < 4.78 is 38.4. The van der Waals surface area contributed by atoms with Crippen LogP contribution in [-0.2, 0) is 14.8 Å². The molecule has 0 fully saturated rings. The molecule has 0 heterocycles. The quantitative estimate of drug-likeness (QED) is 0.840. The Morgan fingerprint density at radius 1 is 1.19 bits per heavy atom. The van der Waals surface area contributed by atoms with E-state index in [2.05, 4.69) is 5.32 Å². The van der Waals surface area contributed by atoms with E-state index >= 15 is 0 Å². The van der Waals surface area contributed by atoms with Crippen LogP contribution >= 0.6 is 0 Å². The van der Waals surface area contributed by atoms with Gasteiger partial charge in [0.05, 0.1) is 18.0 Å². The number of nitrogens with one attached hydrogen (secondary N) is 1. The summed E-state index contributed by atoms with van der Waals surface area (Å²) in [4.78, 5) is 12.4. The van der Waals surface area contributed by atoms with Gasteiger partial charge in [-0.3, -0.25) is 9.10 Å². The Labute approximate surface area is 153 Å². The van der Waals surface area contributed by atoms with E-state index in [-0.39, 0.29) is 11.7 Å². The third-order valence-electron chi connectivity index (χ3n) is 4.06. The number of amides is 1. The van der Waals surface area contributed by atoms with Gasteiger partial charge < -0.3 is 5.32 Å². The molecule has 1 amide bonds. The number of hydrogen-bond donors (Lipinski definition) is 1. The number of rotatable bonds is 6. The van der Waals surface area contributed by atoms with Gasteiger partial charge in [0.25, 0.3) is 0 Å². The number of hydrogen-bond acceptors (Lipinski definition) is 3. The lowest BCUT2D eigenvalue weighted by Crippen LogP contribution is -2.41. The standard InChI is InChI=1S/C19H23FN2O3S/c1-13-8-9-14(2)18(10-13)15(3)21-19(23)12-22(26(4,24)25)17-7-5-6-16(20)11-17/h5-11,15H,12H2,1-4H3,(H,21,23)/t15-/m0/s1. The molecule has 0 radical (unpaired) electrons. The zero-order valence-electron chi connectivity index (χ0n) is 15.3. The van der Waals surface area contributed by atoms with E-state index < -0.39 is 28.3 Å². The Bertz CT molecular complexity index is 913. The molecule has 1 N–H and O–H groups in total. The van der Waals surface area contributed by atoms with Crippen LogP contribution in [0, 0.1) is 19.7 Å². The maximum atomic E-state index is 13.4. The molecule has 0 saturated carbocycles. The molecule has 0 aliphatic rings. The van der Waals surface area contributed by atoms with Crippen molar-refractivity contribution in [3.05, 3.63) is 65.0 Å². The number of nitrogens with zero attached hydrogens (tertiary/aromatic N) is 1. The number of halogens is 1. The van der Waals surface area contributed by atoms with E-state index in [1.54, 1.807) is 0 Å². The predicted molar refractivity (Wildman–Crippen MR) is 101 cm³/mol. The largest absolute Gasteiger partial charge is 0.348 e. The fraction of sp³-hybridized carbons (Fsp3) is 0.316. The monoisotopic (exact) mass is 378 g/mol. The van der Waals surface area contributed by atoms with E-state index in [4.69, 9.17) is 0 Å². The zero-order chi connectivity index (χ0) is 19.5. The average Bonchev–Trinajstić information content (AvgIpc) is 2.53. The maximum Gasteiger partial charge on any atom is 0.241 e. The van der Waals surface area contributed by atoms with Gasteiger partial charge in [-0.25, -0.2) is 12.8 Å². The first-order valence-corrected chi connectivity index (χ1v) is 10.0. The van der Waals surface area contributed by atoms with Crippen LogP contribution in [0.5, 0.6) is 0 Å². The van der Waals surface area contributed by atoms with Crippen LogP contribution in [0.1, 0.15) is 29.7 Å². The van der Waals surface area contributed by atoms with Gasteiger partial charge in [-0.1, -0.05) is 29.8 Å². The van der Waals surface area contributed by atoms with Gasteiger partial charge in [-0.05, 0) is 50.1 Å². The van der Waals surface area contributed by atoms with Crippen molar-refractivity contribution >= 4 is 21.6 Å². The van der Waals surface area contributed by atoms with Crippen molar-refractivity contribution in [2.75, 3.05) is 17.1 Å². The maximum absolute atomic E-state index is 13.4. The SMILES string of the molecule is Cc1ccc(C)c([C@H](C)NC(=O)CN(c2cccc(F)c2)S(C)(=O)=O)c1. The van der Waals surface area contributed by atoms with Crippen molar-refractivity contribution < 1.29 is 17.6 Å². The summed E-state index contributed by atoms with van der Waals surface area (Å²) in [5.74, 6) is -1.03. The van der Waals surface area contributed by atoms with Crippen LogP contribution in [-0.4, -0.2) is 27.1 Å². The molecule has 2 aromatic rings. The topological polar surface area (TPSA) is 66.5 Å². The second-order valence-corrected chi connectivity index (χ2v) is 8.31. The fourth-order valence-corrected chi connectivity index (χ4v) is 3.60. The van der Waals surface area contributed by atoms with Crippen molar-refractivity contribution in [1.82, 2.24) is 5.32 Å². The van der Waals surface area contributed by atoms with Gasteiger partial charge in [0.1, 0.15) is 12.4 Å². The van der Waals surface area contributed by atoms with Gasteiger partial charge in [0, 0.05) is 0 Å². The van der Waals surface area contributed by atoms with E-state index in [0.29, 0.717) is 0 Å². The molecule has 2 aromatic carbocycles. The molecule has 5 nitrogen and oxygen atoms in total. The summed E-state index contributed by atoms with van der Waals surface area (Å²) in [7, 11) is -3.74. The van der Waals surface area contributed by atoms with Gasteiger partial charge in [0.15, 0.2) is 0 Å². The zero-order valence-corrected chi connectivity index (χ0v) is 16.1. The molecule has 0 aromatic heterocycles. The highest BCUT2D eigenvalue weighted by Crippen LogP contribution is 2.20. The Kier molecular flexibility index (Phi) is 6.02. The van der Waals surface area contributed by atoms with Crippen LogP contribution in [0.3, 0.4) is 0 Å². The van der Waals surface area contributed by atoms with Gasteiger partial charge in [-0.15, -0.1) is 0 Å². The highest BCUT2D eigenvalue weighted by molar-refractivity contribution is 7.92. The van der Waals surface area contributed by atoms with Crippen molar-refractivity contribution in [3.63, 3.8) is 0 Å². The van der Waals surface area contributed by atoms with Gasteiger partial charge in [0.2, 0.25) is 15.9 Å². The Morgan fingerprint density at radius 2 is 1.88 bits per heavy atom. The van der Waals surface area contributed by atoms with E-state index in [0.717, 1.165) is 33.3 Å². The third-order valence-corrected chi connectivity index (χ3v) is 5.20. The van der Waals surface area contributed by atoms with Gasteiger partial charge >= 0.3 is 0 Å². The van der Waals surface area contributed by atoms with Crippen LogP contribution in [0.4, 0.5) is 10.1 Å². The smallest absolute Gasteiger partial charge is 0.241 e. The summed E-state index contributed by atoms with van der Waals surface area (Å²) >= 11 is 0. The highest BCUT2D eigenvalue weighted by atomic mass is 32.2. The fourth-order valence-electron chi connectivity index (χ4n) is 2.75. The minimum atomic E-state index is -3.74. The van der Waals surface area contributed by atoms with Crippen LogP contribution < -0.4 is 9.62 Å². The van der Waals surface area contributed by atoms with Crippen molar-refractivity contribution in [3.8, 4) is 0 Å². The summed E-state index contributed by atoms with van der Waals surface area (Å²) in [6.45, 7) is 5.34. The minimum Gasteiger partial charge on any atom is -0.348 e. The Morgan fingerprint density at radius 3 is 2.50 bits per heavy atom. The molecule has 7 heteroatoms. The van der Waals surface area contributed by atoms with Crippen molar-refractivity contribution in [2.45, 2.75) is 26.8 Å². The molecule has 0 aliphatic carbocycles. The summed E-state index contributed by atoms with van der Waals surface area (Å²) in [6.07, 6.45) is 0.985. The molecular weight excluding hydrogens is 355 g/mol. The average molecular weight is 378 g/mol. The molecule has 0 spiro atoms. The molecule has 0 unspecified atom stereocenters. The first kappa shape index (κ1) is 19.9. The number of sulfonamides is 1. The van der Waals surface area contributed by atoms with E-state index in [1.807, 2.05) is 39.0 Å². The number of anilines is 1. The first-order chi connectivity index (χ1) is 12.1. The number of carbonyl (C=O) groups is 1. The molecule has 2 rings (SSSR count). The minimum absolute atomic E-state index is 0.113. The lowest BCUT2D eigenvalue weighted by Gasteiger charge is -2.24. The second kappa shape index (κ2) is 7.86. The molecule has 0 aliphatic heterocycles. The predicted octanol–water partition coefficient (Wildman–Crippen LogP) is 3.09. The summed E-state index contributed by atoms with van der Waals surface area (Å²) in [5, 5.41) is 2.81. The second-order valence-electron chi connectivity index (χ2n) is 6.40. The molecule has 1 atom stereocenters. The highest BCUT2D eigenvalue weighted by Gasteiger charge is 2.22. The number of benzene rings is 2. The van der Waals surface area contributed by atoms with Crippen molar-refractivity contribution in [1.29, 1.82) is 0 Å². The Balaban J connectivity index is 2.19. The lowest BCUT2D eigenvalue weighted by molar-refractivity contribution is -0.120. The summed E-state index contributed by atoms with van der Waals surface area (Å²) in [5.41, 5.74) is 3.19. The molecule has 26 heavy (non-hydrogen) atoms. The number of carbonyl (C=O) groups excluding carboxylic acids is 1. The van der Waals surface area contributed by atoms with E-state index in [1.165, 1.54) is 18.2 Å². The first-order valence-electron chi connectivity index (χ1n) is 8.17. The molecule has 140 valence electrons. The van der Waals surface area contributed by atoms with Crippen LogP contribution in [0.25, 0.3) is 0 Å². The molecular formula is C19H23FN2O3S. The third kappa shape index (κ3) is 5.05. The normalized spacial score (nSPS) is 12.5. The molecule has 0 saturated heterocycles. The lowest BCUT2D eigenvalue weighted by atomic mass is 10.00.